The number of carbonyl (C=O) groups is 2. The van der Waals surface area contributed by atoms with Gasteiger partial charge >= 0.3 is 0 Å². The molecule has 1 aliphatic rings. The summed E-state index contributed by atoms with van der Waals surface area (Å²) < 4.78 is 0. The van der Waals surface area contributed by atoms with Crippen LogP contribution in [0.4, 0.5) is 5.69 Å². The van der Waals surface area contributed by atoms with Gasteiger partial charge in [0.25, 0.3) is 5.91 Å². The van der Waals surface area contributed by atoms with E-state index in [4.69, 9.17) is 0 Å². The Labute approximate surface area is 167 Å². The van der Waals surface area contributed by atoms with Crippen molar-refractivity contribution < 1.29 is 9.59 Å². The van der Waals surface area contributed by atoms with E-state index in [1.54, 1.807) is 35.6 Å². The van der Waals surface area contributed by atoms with Gasteiger partial charge in [-0.3, -0.25) is 19.6 Å². The molecule has 2 amide bonds. The molecule has 0 saturated carbocycles. The average molecular weight is 390 g/mol. The van der Waals surface area contributed by atoms with Gasteiger partial charge in [0.2, 0.25) is 5.91 Å². The Balaban J connectivity index is 1.55. The molecule has 3 aromatic rings. The number of nitrogens with zero attached hydrogens (tertiary/aromatic N) is 3. The largest absolute Gasteiger partial charge is 0.346 e. The number of benzene rings is 2. The third kappa shape index (κ3) is 4.04. The number of nitrogens with one attached hydrogen (secondary N) is 1. The molecule has 0 bridgehead atoms. The molecule has 0 radical (unpaired) electrons. The van der Waals surface area contributed by atoms with E-state index >= 15 is 0 Å². The molecule has 0 unspecified atom stereocenters. The molecule has 7 heteroatoms. The first kappa shape index (κ1) is 18.2. The van der Waals surface area contributed by atoms with Gasteiger partial charge in [-0.15, -0.1) is 11.8 Å². The Morgan fingerprint density at radius 1 is 1.14 bits per heavy atom. The van der Waals surface area contributed by atoms with E-state index in [-0.39, 0.29) is 11.8 Å². The minimum absolute atomic E-state index is 0.0403. The summed E-state index contributed by atoms with van der Waals surface area (Å²) in [7, 11) is 0. The van der Waals surface area contributed by atoms with Gasteiger partial charge < -0.3 is 10.2 Å². The van der Waals surface area contributed by atoms with Gasteiger partial charge in [0, 0.05) is 22.9 Å². The lowest BCUT2D eigenvalue weighted by Gasteiger charge is -2.29. The maximum atomic E-state index is 12.6. The molecule has 0 fully saturated rings. The van der Waals surface area contributed by atoms with E-state index in [2.05, 4.69) is 15.3 Å². The molecular weight excluding hydrogens is 372 g/mol. The molecule has 0 saturated heterocycles. The quantitative estimate of drug-likeness (QED) is 0.725. The molecule has 1 N–H and O–H groups in total. The van der Waals surface area contributed by atoms with Crippen LogP contribution in [0.15, 0.2) is 72.0 Å². The molecule has 140 valence electrons. The normalized spacial score (nSPS) is 13.1. The van der Waals surface area contributed by atoms with E-state index in [1.807, 2.05) is 36.4 Å². The highest BCUT2D eigenvalue weighted by Crippen LogP contribution is 2.36. The zero-order valence-corrected chi connectivity index (χ0v) is 15.9. The van der Waals surface area contributed by atoms with Crippen molar-refractivity contribution in [3.63, 3.8) is 0 Å². The van der Waals surface area contributed by atoms with Crippen molar-refractivity contribution in [2.24, 2.45) is 0 Å². The Kier molecular flexibility index (Phi) is 5.34. The van der Waals surface area contributed by atoms with Gasteiger partial charge in [-0.05, 0) is 23.8 Å². The lowest BCUT2D eigenvalue weighted by atomic mass is 10.1. The van der Waals surface area contributed by atoms with Crippen LogP contribution in [0.1, 0.15) is 21.6 Å². The number of amides is 2. The number of carbonyl (C=O) groups excluding carboxylic acids is 2. The van der Waals surface area contributed by atoms with Crippen LogP contribution in [-0.4, -0.2) is 27.5 Å². The molecule has 4 rings (SSSR count). The predicted octanol–water partition coefficient (Wildman–Crippen LogP) is 3.05. The Morgan fingerprint density at radius 3 is 2.79 bits per heavy atom. The fourth-order valence-corrected chi connectivity index (χ4v) is 3.89. The summed E-state index contributed by atoms with van der Waals surface area (Å²) in [4.78, 5) is 36.0. The number of anilines is 1. The van der Waals surface area contributed by atoms with Gasteiger partial charge in [-0.2, -0.15) is 0 Å². The van der Waals surface area contributed by atoms with Crippen LogP contribution in [0.5, 0.6) is 0 Å². The molecule has 6 nitrogen and oxygen atoms in total. The summed E-state index contributed by atoms with van der Waals surface area (Å²) in [6, 6.07) is 15.3. The standard InChI is InChI=1S/C21H18N4O2S/c26-20-14-28-19-7-6-16(21(27)24-12-17-11-22-8-9-23-17)10-18(19)25(20)13-15-4-2-1-3-5-15/h1-11H,12-14H2,(H,24,27). The summed E-state index contributed by atoms with van der Waals surface area (Å²) >= 11 is 1.50. The molecule has 2 aromatic carbocycles. The SMILES string of the molecule is O=C(NCc1cnccn1)c1ccc2c(c1)N(Cc1ccccc1)C(=O)CS2. The number of rotatable bonds is 5. The van der Waals surface area contributed by atoms with Crippen LogP contribution in [0.3, 0.4) is 0 Å². The predicted molar refractivity (Wildman–Crippen MR) is 108 cm³/mol. The van der Waals surface area contributed by atoms with Crippen LogP contribution in [0.2, 0.25) is 0 Å². The van der Waals surface area contributed by atoms with Crippen molar-refractivity contribution in [3.8, 4) is 0 Å². The smallest absolute Gasteiger partial charge is 0.251 e. The molecule has 28 heavy (non-hydrogen) atoms. The molecule has 1 aromatic heterocycles. The lowest BCUT2D eigenvalue weighted by molar-refractivity contribution is -0.116. The molecule has 2 heterocycles. The highest BCUT2D eigenvalue weighted by Gasteiger charge is 2.26. The molecular formula is C21H18N4O2S. The Morgan fingerprint density at radius 2 is 2.00 bits per heavy atom. The summed E-state index contributed by atoms with van der Waals surface area (Å²) in [5, 5.41) is 2.85. The van der Waals surface area contributed by atoms with Crippen molar-refractivity contribution in [2.75, 3.05) is 10.7 Å². The second kappa shape index (κ2) is 8.22. The van der Waals surface area contributed by atoms with Crippen molar-refractivity contribution in [1.29, 1.82) is 0 Å². The van der Waals surface area contributed by atoms with Crippen LogP contribution in [-0.2, 0) is 17.9 Å². The van der Waals surface area contributed by atoms with Gasteiger partial charge in [0.05, 0.1) is 36.4 Å². The fourth-order valence-electron chi connectivity index (χ4n) is 2.98. The van der Waals surface area contributed by atoms with Crippen LogP contribution < -0.4 is 10.2 Å². The maximum Gasteiger partial charge on any atom is 0.251 e. The van der Waals surface area contributed by atoms with Gasteiger partial charge in [0.15, 0.2) is 0 Å². The first-order valence-corrected chi connectivity index (χ1v) is 9.83. The van der Waals surface area contributed by atoms with E-state index in [9.17, 15) is 9.59 Å². The van der Waals surface area contributed by atoms with Crippen LogP contribution >= 0.6 is 11.8 Å². The second-order valence-electron chi connectivity index (χ2n) is 6.32. The topological polar surface area (TPSA) is 75.2 Å². The molecule has 0 atom stereocenters. The van der Waals surface area contributed by atoms with E-state index in [0.29, 0.717) is 30.1 Å². The maximum absolute atomic E-state index is 12.6. The minimum Gasteiger partial charge on any atom is -0.346 e. The average Bonchev–Trinajstić information content (AvgIpc) is 2.75. The van der Waals surface area contributed by atoms with Gasteiger partial charge in [0.1, 0.15) is 0 Å². The van der Waals surface area contributed by atoms with Crippen molar-refractivity contribution in [1.82, 2.24) is 15.3 Å². The monoisotopic (exact) mass is 390 g/mol. The number of thioether (sulfide) groups is 1. The van der Waals surface area contributed by atoms with Crippen LogP contribution in [0.25, 0.3) is 0 Å². The van der Waals surface area contributed by atoms with Crippen molar-refractivity contribution >= 4 is 29.3 Å². The number of fused-ring (bicyclic) bond motifs is 1. The van der Waals surface area contributed by atoms with E-state index in [0.717, 1.165) is 16.1 Å². The third-order valence-electron chi connectivity index (χ3n) is 4.39. The summed E-state index contributed by atoms with van der Waals surface area (Å²) in [5.74, 6) is 0.229. The van der Waals surface area contributed by atoms with Gasteiger partial charge in [-0.1, -0.05) is 30.3 Å². The van der Waals surface area contributed by atoms with E-state index < -0.39 is 0 Å². The molecule has 1 aliphatic heterocycles. The lowest BCUT2D eigenvalue weighted by Crippen LogP contribution is -2.35. The second-order valence-corrected chi connectivity index (χ2v) is 7.33. The number of hydrogen-bond acceptors (Lipinski definition) is 5. The summed E-state index contributed by atoms with van der Waals surface area (Å²) in [5.41, 5.74) is 3.02. The van der Waals surface area contributed by atoms with Crippen molar-refractivity contribution in [3.05, 3.63) is 83.9 Å². The number of aromatic nitrogens is 2. The zero-order chi connectivity index (χ0) is 19.3. The van der Waals surface area contributed by atoms with Gasteiger partial charge in [-0.25, -0.2) is 0 Å². The third-order valence-corrected chi connectivity index (χ3v) is 5.44. The fraction of sp³-hybridized carbons (Fsp3) is 0.143. The highest BCUT2D eigenvalue weighted by molar-refractivity contribution is 8.00. The summed E-state index contributed by atoms with van der Waals surface area (Å²) in [6.45, 7) is 0.781. The first-order valence-electron chi connectivity index (χ1n) is 8.85. The molecule has 0 spiro atoms. The minimum atomic E-state index is -0.212. The number of hydrogen-bond donors (Lipinski definition) is 1. The van der Waals surface area contributed by atoms with Crippen molar-refractivity contribution in [2.45, 2.75) is 18.0 Å². The Hall–Kier alpha value is -3.19. The Bertz CT molecular complexity index is 996. The summed E-state index contributed by atoms with van der Waals surface area (Å²) in [6.07, 6.45) is 4.79. The van der Waals surface area contributed by atoms with Crippen LogP contribution in [0, 0.1) is 0 Å². The zero-order valence-electron chi connectivity index (χ0n) is 15.0. The van der Waals surface area contributed by atoms with E-state index in [1.165, 1.54) is 11.8 Å². The highest BCUT2D eigenvalue weighted by atomic mass is 32.2. The first-order chi connectivity index (χ1) is 13.7. The molecule has 0 aliphatic carbocycles.